The highest BCUT2D eigenvalue weighted by molar-refractivity contribution is 6.03. The Bertz CT molecular complexity index is 1220. The zero-order valence-corrected chi connectivity index (χ0v) is 18.6. The van der Waals surface area contributed by atoms with Gasteiger partial charge in [0.15, 0.2) is 5.78 Å². The molecule has 1 aliphatic heterocycles. The number of aliphatic hydroxyl groups excluding tert-OH is 1. The van der Waals surface area contributed by atoms with Crippen LogP contribution in [-0.4, -0.2) is 23.5 Å². The van der Waals surface area contributed by atoms with E-state index in [1.165, 1.54) is 19.2 Å². The maximum absolute atomic E-state index is 13.9. The molecule has 0 radical (unpaired) electrons. The van der Waals surface area contributed by atoms with E-state index in [2.05, 4.69) is 25.2 Å². The standard InChI is InChI=1S/C27H26FNO3/c1-16-15-27(2,3)29-21-13-12-20(19-11-10-18(28)14-22(19)32-4)24(23(16)21)26(31)25(30)17-8-6-5-7-9-17/h5-15,26,29,31H,1-4H3. The van der Waals surface area contributed by atoms with Crippen molar-refractivity contribution >= 4 is 17.0 Å². The summed E-state index contributed by atoms with van der Waals surface area (Å²) in [5.41, 5.74) is 4.37. The second kappa shape index (κ2) is 8.24. The molecule has 4 rings (SSSR count). The van der Waals surface area contributed by atoms with E-state index >= 15 is 0 Å². The molecule has 0 fully saturated rings. The fourth-order valence-corrected chi connectivity index (χ4v) is 4.44. The van der Waals surface area contributed by atoms with Crippen LogP contribution in [0, 0.1) is 5.82 Å². The third-order valence-electron chi connectivity index (χ3n) is 5.71. The molecule has 3 aromatic carbocycles. The van der Waals surface area contributed by atoms with Crippen molar-refractivity contribution in [2.45, 2.75) is 32.4 Å². The molecule has 0 spiro atoms. The number of allylic oxidation sites excluding steroid dienone is 1. The number of halogens is 1. The lowest BCUT2D eigenvalue weighted by atomic mass is 9.81. The number of hydrogen-bond acceptors (Lipinski definition) is 4. The number of ether oxygens (including phenoxy) is 1. The number of rotatable bonds is 5. The zero-order chi connectivity index (χ0) is 23.0. The first-order valence-electron chi connectivity index (χ1n) is 10.5. The van der Waals surface area contributed by atoms with E-state index in [9.17, 15) is 14.3 Å². The van der Waals surface area contributed by atoms with Crippen molar-refractivity contribution in [2.24, 2.45) is 0 Å². The molecule has 1 heterocycles. The van der Waals surface area contributed by atoms with E-state index in [0.29, 0.717) is 28.0 Å². The van der Waals surface area contributed by atoms with Crippen LogP contribution in [0.1, 0.15) is 48.4 Å². The van der Waals surface area contributed by atoms with Gasteiger partial charge in [-0.25, -0.2) is 4.39 Å². The predicted molar refractivity (Wildman–Crippen MR) is 125 cm³/mol. The molecular weight excluding hydrogens is 405 g/mol. The summed E-state index contributed by atoms with van der Waals surface area (Å²) < 4.78 is 19.3. The Morgan fingerprint density at radius 1 is 1.06 bits per heavy atom. The van der Waals surface area contributed by atoms with Crippen molar-refractivity contribution in [1.29, 1.82) is 0 Å². The van der Waals surface area contributed by atoms with Crippen LogP contribution >= 0.6 is 0 Å². The van der Waals surface area contributed by atoms with E-state index in [0.717, 1.165) is 16.8 Å². The molecular formula is C27H26FNO3. The van der Waals surface area contributed by atoms with Gasteiger partial charge in [-0.2, -0.15) is 0 Å². The lowest BCUT2D eigenvalue weighted by Crippen LogP contribution is -2.32. The molecule has 3 aromatic rings. The van der Waals surface area contributed by atoms with Crippen molar-refractivity contribution in [1.82, 2.24) is 0 Å². The van der Waals surface area contributed by atoms with E-state index in [1.807, 2.05) is 25.1 Å². The zero-order valence-electron chi connectivity index (χ0n) is 18.6. The Morgan fingerprint density at radius 3 is 2.44 bits per heavy atom. The average Bonchev–Trinajstić information content (AvgIpc) is 2.77. The number of carbonyl (C=O) groups excluding carboxylic acids is 1. The number of nitrogens with one attached hydrogen (secondary N) is 1. The van der Waals surface area contributed by atoms with Gasteiger partial charge >= 0.3 is 0 Å². The van der Waals surface area contributed by atoms with Gasteiger partial charge in [-0.05, 0) is 50.1 Å². The van der Waals surface area contributed by atoms with Crippen LogP contribution in [0.4, 0.5) is 10.1 Å². The molecule has 4 nitrogen and oxygen atoms in total. The molecule has 5 heteroatoms. The fourth-order valence-electron chi connectivity index (χ4n) is 4.44. The average molecular weight is 432 g/mol. The summed E-state index contributed by atoms with van der Waals surface area (Å²) >= 11 is 0. The number of methoxy groups -OCH3 is 1. The molecule has 0 aromatic heterocycles. The highest BCUT2D eigenvalue weighted by Crippen LogP contribution is 2.45. The number of anilines is 1. The smallest absolute Gasteiger partial charge is 0.195 e. The SMILES string of the molecule is COc1cc(F)ccc1-c1ccc2c(c1C(O)C(=O)c1ccccc1)C(C)=CC(C)(C)N2. The number of benzene rings is 3. The quantitative estimate of drug-likeness (QED) is 0.485. The molecule has 0 aliphatic carbocycles. The van der Waals surface area contributed by atoms with E-state index in [-0.39, 0.29) is 5.54 Å². The Labute approximate surface area is 187 Å². The number of aliphatic hydroxyl groups is 1. The molecule has 0 amide bonds. The Morgan fingerprint density at radius 2 is 1.75 bits per heavy atom. The maximum atomic E-state index is 13.9. The monoisotopic (exact) mass is 431 g/mol. The van der Waals surface area contributed by atoms with Gasteiger partial charge in [-0.1, -0.05) is 42.5 Å². The number of fused-ring (bicyclic) bond motifs is 1. The van der Waals surface area contributed by atoms with Crippen LogP contribution in [-0.2, 0) is 0 Å². The summed E-state index contributed by atoms with van der Waals surface area (Å²) in [4.78, 5) is 13.3. The van der Waals surface area contributed by atoms with Crippen molar-refractivity contribution in [3.63, 3.8) is 0 Å². The highest BCUT2D eigenvalue weighted by Gasteiger charge is 2.32. The number of carbonyl (C=O) groups is 1. The number of ketones is 1. The molecule has 164 valence electrons. The molecule has 2 N–H and O–H groups in total. The van der Waals surface area contributed by atoms with Gasteiger partial charge in [-0.3, -0.25) is 4.79 Å². The van der Waals surface area contributed by atoms with Gasteiger partial charge in [-0.15, -0.1) is 0 Å². The minimum Gasteiger partial charge on any atom is -0.496 e. The topological polar surface area (TPSA) is 58.6 Å². The second-order valence-corrected chi connectivity index (χ2v) is 8.60. The molecule has 32 heavy (non-hydrogen) atoms. The van der Waals surface area contributed by atoms with E-state index in [4.69, 9.17) is 4.74 Å². The number of hydrogen-bond donors (Lipinski definition) is 2. The number of Topliss-reactive ketones (excluding diaryl/α,β-unsaturated/α-hetero) is 1. The largest absolute Gasteiger partial charge is 0.496 e. The minimum atomic E-state index is -1.41. The summed E-state index contributed by atoms with van der Waals surface area (Å²) in [5, 5.41) is 14.9. The van der Waals surface area contributed by atoms with Crippen LogP contribution in [0.15, 0.2) is 66.7 Å². The Balaban J connectivity index is 1.98. The molecule has 1 unspecified atom stereocenters. The lowest BCUT2D eigenvalue weighted by molar-refractivity contribution is 0.0748. The summed E-state index contributed by atoms with van der Waals surface area (Å²) in [6, 6.07) is 16.7. The van der Waals surface area contributed by atoms with Crippen LogP contribution in [0.2, 0.25) is 0 Å². The summed E-state index contributed by atoms with van der Waals surface area (Å²) in [7, 11) is 1.47. The van der Waals surface area contributed by atoms with Crippen molar-refractivity contribution in [3.05, 3.63) is 89.2 Å². The highest BCUT2D eigenvalue weighted by atomic mass is 19.1. The lowest BCUT2D eigenvalue weighted by Gasteiger charge is -2.34. The first-order chi connectivity index (χ1) is 15.2. The van der Waals surface area contributed by atoms with Gasteiger partial charge in [0.05, 0.1) is 12.6 Å². The van der Waals surface area contributed by atoms with Crippen LogP contribution in [0.3, 0.4) is 0 Å². The Kier molecular flexibility index (Phi) is 5.61. The van der Waals surface area contributed by atoms with Crippen LogP contribution < -0.4 is 10.1 Å². The van der Waals surface area contributed by atoms with Gasteiger partial charge in [0.2, 0.25) is 0 Å². The van der Waals surface area contributed by atoms with Gasteiger partial charge in [0.1, 0.15) is 17.7 Å². The van der Waals surface area contributed by atoms with E-state index < -0.39 is 17.7 Å². The molecule has 1 atom stereocenters. The van der Waals surface area contributed by atoms with Crippen LogP contribution in [0.5, 0.6) is 5.75 Å². The molecule has 0 saturated heterocycles. The summed E-state index contributed by atoms with van der Waals surface area (Å²) in [6.07, 6.45) is 0.660. The first-order valence-corrected chi connectivity index (χ1v) is 10.5. The van der Waals surface area contributed by atoms with Crippen LogP contribution in [0.25, 0.3) is 16.7 Å². The van der Waals surface area contributed by atoms with E-state index in [1.54, 1.807) is 30.3 Å². The maximum Gasteiger partial charge on any atom is 0.195 e. The molecule has 0 bridgehead atoms. The molecule has 1 aliphatic rings. The normalized spacial score (nSPS) is 15.2. The van der Waals surface area contributed by atoms with Crippen molar-refractivity contribution in [3.8, 4) is 16.9 Å². The van der Waals surface area contributed by atoms with Crippen molar-refractivity contribution < 1.29 is 19.0 Å². The first kappa shape index (κ1) is 21.8. The summed E-state index contributed by atoms with van der Waals surface area (Å²) in [6.45, 7) is 6.08. The second-order valence-electron chi connectivity index (χ2n) is 8.60. The Hall–Kier alpha value is -3.44. The minimum absolute atomic E-state index is 0.280. The predicted octanol–water partition coefficient (Wildman–Crippen LogP) is 6.03. The van der Waals surface area contributed by atoms with Gasteiger partial charge in [0.25, 0.3) is 0 Å². The van der Waals surface area contributed by atoms with Crippen molar-refractivity contribution in [2.75, 3.05) is 12.4 Å². The van der Waals surface area contributed by atoms with Gasteiger partial charge < -0.3 is 15.2 Å². The fraction of sp³-hybridized carbons (Fsp3) is 0.222. The molecule has 0 saturated carbocycles. The third kappa shape index (κ3) is 3.92. The van der Waals surface area contributed by atoms with Gasteiger partial charge in [0, 0.05) is 34.0 Å². The summed E-state index contributed by atoms with van der Waals surface area (Å²) in [5.74, 6) is -0.499. The third-order valence-corrected chi connectivity index (χ3v) is 5.71.